The lowest BCUT2D eigenvalue weighted by Gasteiger charge is -2.07. The molecule has 2 aromatic rings. The minimum Gasteiger partial charge on any atom is -0.481 e. The SMILES string of the molecule is COc1ncc(-c2cccc(F)c2)cc1CO. The standard InChI is InChI=1S/C13H12FNO2/c1-17-13-11(8-16)5-10(7-15-13)9-3-2-4-12(14)6-9/h2-7,16H,8H2,1H3. The Labute approximate surface area is 98.5 Å². The fourth-order valence-corrected chi connectivity index (χ4v) is 1.62. The first-order valence-corrected chi connectivity index (χ1v) is 5.14. The monoisotopic (exact) mass is 233 g/mol. The highest BCUT2D eigenvalue weighted by atomic mass is 19.1. The second-order valence-electron chi connectivity index (χ2n) is 3.56. The van der Waals surface area contributed by atoms with Crippen molar-refractivity contribution in [3.05, 3.63) is 47.9 Å². The molecule has 1 aromatic heterocycles. The van der Waals surface area contributed by atoms with Crippen LogP contribution in [-0.4, -0.2) is 17.2 Å². The molecule has 0 saturated heterocycles. The van der Waals surface area contributed by atoms with Gasteiger partial charge in [0.15, 0.2) is 0 Å². The second kappa shape index (κ2) is 4.93. The van der Waals surface area contributed by atoms with Crippen molar-refractivity contribution < 1.29 is 14.2 Å². The van der Waals surface area contributed by atoms with Gasteiger partial charge >= 0.3 is 0 Å². The molecule has 0 amide bonds. The fourth-order valence-electron chi connectivity index (χ4n) is 1.62. The highest BCUT2D eigenvalue weighted by Crippen LogP contribution is 2.24. The summed E-state index contributed by atoms with van der Waals surface area (Å²) in [5, 5.41) is 9.18. The first-order chi connectivity index (χ1) is 8.24. The van der Waals surface area contributed by atoms with Crippen molar-refractivity contribution in [2.24, 2.45) is 0 Å². The van der Waals surface area contributed by atoms with Gasteiger partial charge in [-0.15, -0.1) is 0 Å². The third-order valence-electron chi connectivity index (χ3n) is 2.45. The summed E-state index contributed by atoms with van der Waals surface area (Å²) in [5.74, 6) is 0.0801. The van der Waals surface area contributed by atoms with E-state index in [0.29, 0.717) is 11.4 Å². The maximum Gasteiger partial charge on any atom is 0.218 e. The molecule has 1 N–H and O–H groups in total. The average molecular weight is 233 g/mol. The Kier molecular flexibility index (Phi) is 3.35. The molecule has 0 fully saturated rings. The summed E-state index contributed by atoms with van der Waals surface area (Å²) in [6, 6.07) is 7.96. The first kappa shape index (κ1) is 11.5. The first-order valence-electron chi connectivity index (χ1n) is 5.14. The normalized spacial score (nSPS) is 10.3. The van der Waals surface area contributed by atoms with E-state index in [0.717, 1.165) is 11.1 Å². The third kappa shape index (κ3) is 2.42. The number of aliphatic hydroxyl groups excluding tert-OH is 1. The van der Waals surface area contributed by atoms with Crippen LogP contribution in [0.5, 0.6) is 5.88 Å². The average Bonchev–Trinajstić information content (AvgIpc) is 2.38. The molecule has 88 valence electrons. The third-order valence-corrected chi connectivity index (χ3v) is 2.45. The number of rotatable bonds is 3. The number of aromatic nitrogens is 1. The molecule has 1 heterocycles. The Balaban J connectivity index is 2.46. The zero-order valence-corrected chi connectivity index (χ0v) is 9.35. The van der Waals surface area contributed by atoms with Crippen molar-refractivity contribution in [3.63, 3.8) is 0 Å². The molecular weight excluding hydrogens is 221 g/mol. The van der Waals surface area contributed by atoms with Crippen LogP contribution >= 0.6 is 0 Å². The number of hydrogen-bond acceptors (Lipinski definition) is 3. The van der Waals surface area contributed by atoms with Crippen LogP contribution in [0.15, 0.2) is 36.5 Å². The lowest BCUT2D eigenvalue weighted by atomic mass is 10.1. The second-order valence-corrected chi connectivity index (χ2v) is 3.56. The molecule has 17 heavy (non-hydrogen) atoms. The van der Waals surface area contributed by atoms with Gasteiger partial charge in [0.1, 0.15) is 5.82 Å². The van der Waals surface area contributed by atoms with Crippen molar-refractivity contribution in [2.45, 2.75) is 6.61 Å². The van der Waals surface area contributed by atoms with Gasteiger partial charge in [-0.25, -0.2) is 9.37 Å². The van der Waals surface area contributed by atoms with Crippen molar-refractivity contribution >= 4 is 0 Å². The summed E-state index contributed by atoms with van der Waals surface area (Å²) in [7, 11) is 1.49. The fraction of sp³-hybridized carbons (Fsp3) is 0.154. The molecule has 0 aliphatic carbocycles. The van der Waals surface area contributed by atoms with Gasteiger partial charge in [0, 0.05) is 17.3 Å². The molecule has 2 rings (SSSR count). The van der Waals surface area contributed by atoms with Gasteiger partial charge in [-0.2, -0.15) is 0 Å². The zero-order valence-electron chi connectivity index (χ0n) is 9.35. The Hall–Kier alpha value is -1.94. The summed E-state index contributed by atoms with van der Waals surface area (Å²) in [5.41, 5.74) is 2.04. The van der Waals surface area contributed by atoms with E-state index in [-0.39, 0.29) is 12.4 Å². The molecule has 0 spiro atoms. The number of pyridine rings is 1. The number of halogens is 1. The highest BCUT2D eigenvalue weighted by Gasteiger charge is 2.06. The van der Waals surface area contributed by atoms with Gasteiger partial charge < -0.3 is 9.84 Å². The van der Waals surface area contributed by atoms with Gasteiger partial charge in [-0.05, 0) is 23.8 Å². The minimum atomic E-state index is -0.302. The molecule has 0 bridgehead atoms. The molecular formula is C13H12FNO2. The van der Waals surface area contributed by atoms with Crippen LogP contribution in [0.1, 0.15) is 5.56 Å². The lowest BCUT2D eigenvalue weighted by Crippen LogP contribution is -1.95. The van der Waals surface area contributed by atoms with Crippen LogP contribution < -0.4 is 4.74 Å². The van der Waals surface area contributed by atoms with Crippen molar-refractivity contribution in [2.75, 3.05) is 7.11 Å². The van der Waals surface area contributed by atoms with Gasteiger partial charge in [0.25, 0.3) is 0 Å². The van der Waals surface area contributed by atoms with Crippen molar-refractivity contribution in [1.82, 2.24) is 4.98 Å². The Morgan fingerprint density at radius 1 is 1.29 bits per heavy atom. The molecule has 4 heteroatoms. The number of aliphatic hydroxyl groups is 1. The Morgan fingerprint density at radius 3 is 2.76 bits per heavy atom. The summed E-state index contributed by atoms with van der Waals surface area (Å²) in [6.07, 6.45) is 1.59. The summed E-state index contributed by atoms with van der Waals surface area (Å²) in [6.45, 7) is -0.167. The Bertz CT molecular complexity index is 529. The number of ether oxygens (including phenoxy) is 1. The van der Waals surface area contributed by atoms with Crippen LogP contribution in [0, 0.1) is 5.82 Å². The van der Waals surface area contributed by atoms with Gasteiger partial charge in [-0.1, -0.05) is 12.1 Å². The Morgan fingerprint density at radius 2 is 2.12 bits per heavy atom. The lowest BCUT2D eigenvalue weighted by molar-refractivity contribution is 0.271. The maximum atomic E-state index is 13.1. The van der Waals surface area contributed by atoms with Crippen LogP contribution in [0.3, 0.4) is 0 Å². The smallest absolute Gasteiger partial charge is 0.218 e. The maximum absolute atomic E-state index is 13.1. The van der Waals surface area contributed by atoms with E-state index < -0.39 is 0 Å². The number of methoxy groups -OCH3 is 1. The van der Waals surface area contributed by atoms with Crippen LogP contribution in [0.4, 0.5) is 4.39 Å². The van der Waals surface area contributed by atoms with Crippen LogP contribution in [0.2, 0.25) is 0 Å². The zero-order chi connectivity index (χ0) is 12.3. The minimum absolute atomic E-state index is 0.167. The van der Waals surface area contributed by atoms with Crippen molar-refractivity contribution in [3.8, 4) is 17.0 Å². The topological polar surface area (TPSA) is 42.4 Å². The molecule has 0 atom stereocenters. The van der Waals surface area contributed by atoms with E-state index in [1.165, 1.54) is 19.2 Å². The largest absolute Gasteiger partial charge is 0.481 e. The molecule has 0 aliphatic rings. The van der Waals surface area contributed by atoms with E-state index in [9.17, 15) is 9.50 Å². The molecule has 3 nitrogen and oxygen atoms in total. The number of benzene rings is 1. The summed E-state index contributed by atoms with van der Waals surface area (Å²) >= 11 is 0. The van der Waals surface area contributed by atoms with Crippen LogP contribution in [-0.2, 0) is 6.61 Å². The van der Waals surface area contributed by atoms with E-state index in [1.807, 2.05) is 0 Å². The van der Waals surface area contributed by atoms with E-state index in [4.69, 9.17) is 4.74 Å². The summed E-state index contributed by atoms with van der Waals surface area (Å²) in [4.78, 5) is 4.07. The van der Waals surface area contributed by atoms with Gasteiger partial charge in [0.05, 0.1) is 13.7 Å². The van der Waals surface area contributed by atoms with Crippen LogP contribution in [0.25, 0.3) is 11.1 Å². The number of nitrogens with zero attached hydrogens (tertiary/aromatic N) is 1. The van der Waals surface area contributed by atoms with Gasteiger partial charge in [0.2, 0.25) is 5.88 Å². The van der Waals surface area contributed by atoms with E-state index in [2.05, 4.69) is 4.98 Å². The van der Waals surface area contributed by atoms with Crippen molar-refractivity contribution in [1.29, 1.82) is 0 Å². The predicted molar refractivity (Wildman–Crippen MR) is 62.1 cm³/mol. The quantitative estimate of drug-likeness (QED) is 0.885. The molecule has 0 unspecified atom stereocenters. The molecule has 0 aliphatic heterocycles. The summed E-state index contributed by atoms with van der Waals surface area (Å²) < 4.78 is 18.1. The molecule has 0 radical (unpaired) electrons. The predicted octanol–water partition coefficient (Wildman–Crippen LogP) is 2.39. The van der Waals surface area contributed by atoms with E-state index in [1.54, 1.807) is 24.4 Å². The molecule has 0 saturated carbocycles. The number of hydrogen-bond donors (Lipinski definition) is 1. The highest BCUT2D eigenvalue weighted by molar-refractivity contribution is 5.63. The molecule has 1 aromatic carbocycles. The van der Waals surface area contributed by atoms with Gasteiger partial charge in [-0.3, -0.25) is 0 Å². The van der Waals surface area contributed by atoms with E-state index >= 15 is 0 Å².